The number of amides is 1. The van der Waals surface area contributed by atoms with Crippen LogP contribution in [0.15, 0.2) is 47.5 Å². The third kappa shape index (κ3) is 4.48. The second kappa shape index (κ2) is 8.48. The summed E-state index contributed by atoms with van der Waals surface area (Å²) in [6.45, 7) is 5.83. The van der Waals surface area contributed by atoms with Crippen LogP contribution in [0.25, 0.3) is 10.9 Å². The van der Waals surface area contributed by atoms with Crippen LogP contribution in [0.4, 0.5) is 11.4 Å². The third-order valence-corrected chi connectivity index (χ3v) is 5.56. The molecule has 1 N–H and O–H groups in total. The summed E-state index contributed by atoms with van der Waals surface area (Å²) in [5.41, 5.74) is 3.40. The van der Waals surface area contributed by atoms with Gasteiger partial charge in [-0.3, -0.25) is 14.9 Å². The molecule has 0 aliphatic rings. The highest BCUT2D eigenvalue weighted by Crippen LogP contribution is 2.31. The second-order valence-electron chi connectivity index (χ2n) is 6.64. The van der Waals surface area contributed by atoms with Gasteiger partial charge in [0.25, 0.3) is 5.69 Å². The Morgan fingerprint density at radius 2 is 1.97 bits per heavy atom. The van der Waals surface area contributed by atoms with Crippen molar-refractivity contribution >= 4 is 39.9 Å². The van der Waals surface area contributed by atoms with E-state index >= 15 is 0 Å². The number of aryl methyl sites for hydroxylation is 2. The minimum absolute atomic E-state index is 0.103. The maximum Gasteiger partial charge on any atom is 0.273 e. The topological polar surface area (TPSA) is 94.4 Å². The first-order valence-electron chi connectivity index (χ1n) is 8.97. The molecule has 0 unspecified atom stereocenters. The molecule has 0 aliphatic carbocycles. The van der Waals surface area contributed by atoms with Crippen molar-refractivity contribution in [2.24, 2.45) is 0 Å². The van der Waals surface area contributed by atoms with Gasteiger partial charge in [0.2, 0.25) is 5.91 Å². The van der Waals surface area contributed by atoms with Gasteiger partial charge >= 0.3 is 0 Å². The molecule has 3 aromatic rings. The van der Waals surface area contributed by atoms with Gasteiger partial charge in [0.15, 0.2) is 0 Å². The monoisotopic (exact) mass is 411 g/mol. The van der Waals surface area contributed by atoms with Crippen molar-refractivity contribution in [3.63, 3.8) is 0 Å². The maximum absolute atomic E-state index is 12.7. The summed E-state index contributed by atoms with van der Waals surface area (Å²) in [7, 11) is 1.40. The molecule has 2 aromatic carbocycles. The molecule has 0 saturated heterocycles. The first-order valence-corrected chi connectivity index (χ1v) is 9.85. The molecule has 0 bridgehead atoms. The molecule has 150 valence electrons. The van der Waals surface area contributed by atoms with Crippen molar-refractivity contribution in [1.29, 1.82) is 0 Å². The Labute approximate surface area is 172 Å². The number of aromatic nitrogens is 1. The van der Waals surface area contributed by atoms with Crippen molar-refractivity contribution < 1.29 is 14.5 Å². The van der Waals surface area contributed by atoms with Crippen LogP contribution in [-0.4, -0.2) is 28.2 Å². The number of methoxy groups -OCH3 is 1. The van der Waals surface area contributed by atoms with Gasteiger partial charge in [-0.2, -0.15) is 0 Å². The Kier molecular flexibility index (Phi) is 6.03. The predicted octanol–water partition coefficient (Wildman–Crippen LogP) is 4.89. The number of nitrogens with zero attached hydrogens (tertiary/aromatic N) is 2. The van der Waals surface area contributed by atoms with Crippen molar-refractivity contribution in [1.82, 2.24) is 4.98 Å². The normalized spacial score (nSPS) is 11.9. The van der Waals surface area contributed by atoms with Crippen LogP contribution in [-0.2, 0) is 4.79 Å². The predicted molar refractivity (Wildman–Crippen MR) is 115 cm³/mol. The molecule has 1 heterocycles. The van der Waals surface area contributed by atoms with Crippen LogP contribution in [0.2, 0.25) is 0 Å². The van der Waals surface area contributed by atoms with Crippen molar-refractivity contribution in [2.75, 3.05) is 12.4 Å². The number of hydrogen-bond donors (Lipinski definition) is 1. The van der Waals surface area contributed by atoms with Gasteiger partial charge in [-0.05, 0) is 44.0 Å². The molecule has 1 amide bonds. The molecule has 29 heavy (non-hydrogen) atoms. The van der Waals surface area contributed by atoms with Crippen LogP contribution < -0.4 is 10.1 Å². The quantitative estimate of drug-likeness (QED) is 0.353. The van der Waals surface area contributed by atoms with Gasteiger partial charge in [-0.25, -0.2) is 4.98 Å². The second-order valence-corrected chi connectivity index (χ2v) is 8.00. The lowest BCUT2D eigenvalue weighted by atomic mass is 10.1. The SMILES string of the molecule is COc1cc([N+](=O)[O-])ccc1NC(=O)[C@@H](C)Sc1cc(C)c2cccc(C)c2n1. The van der Waals surface area contributed by atoms with E-state index in [1.165, 1.54) is 37.1 Å². The Bertz CT molecular complexity index is 1100. The molecule has 1 atom stereocenters. The number of nitro groups is 1. The Balaban J connectivity index is 1.79. The van der Waals surface area contributed by atoms with Crippen LogP contribution in [0.5, 0.6) is 5.75 Å². The summed E-state index contributed by atoms with van der Waals surface area (Å²) >= 11 is 1.36. The zero-order valence-electron chi connectivity index (χ0n) is 16.6. The van der Waals surface area contributed by atoms with E-state index in [1.807, 2.05) is 38.1 Å². The highest BCUT2D eigenvalue weighted by atomic mass is 32.2. The molecule has 8 heteroatoms. The molecule has 0 saturated carbocycles. The van der Waals surface area contributed by atoms with Crippen molar-refractivity contribution in [3.8, 4) is 5.75 Å². The van der Waals surface area contributed by atoms with Gasteiger partial charge in [0, 0.05) is 11.5 Å². The largest absolute Gasteiger partial charge is 0.494 e. The van der Waals surface area contributed by atoms with Gasteiger partial charge in [0.05, 0.1) is 39.6 Å². The van der Waals surface area contributed by atoms with E-state index in [1.54, 1.807) is 6.92 Å². The molecule has 7 nitrogen and oxygen atoms in total. The lowest BCUT2D eigenvalue weighted by Crippen LogP contribution is -2.22. The van der Waals surface area contributed by atoms with Gasteiger partial charge in [-0.1, -0.05) is 30.0 Å². The fourth-order valence-electron chi connectivity index (χ4n) is 2.96. The minimum atomic E-state index is -0.512. The zero-order valence-corrected chi connectivity index (χ0v) is 17.4. The van der Waals surface area contributed by atoms with Gasteiger partial charge in [-0.15, -0.1) is 0 Å². The maximum atomic E-state index is 12.7. The Hall–Kier alpha value is -3.13. The van der Waals surface area contributed by atoms with Crippen LogP contribution >= 0.6 is 11.8 Å². The summed E-state index contributed by atoms with van der Waals surface area (Å²) in [6.07, 6.45) is 0. The number of benzene rings is 2. The number of nitrogens with one attached hydrogen (secondary N) is 1. The number of carbonyl (C=O) groups is 1. The molecule has 0 aliphatic heterocycles. The number of fused-ring (bicyclic) bond motifs is 1. The molecular weight excluding hydrogens is 390 g/mol. The zero-order chi connectivity index (χ0) is 21.1. The molecular formula is C21H21N3O4S. The molecule has 3 rings (SSSR count). The summed E-state index contributed by atoms with van der Waals surface area (Å²) in [5, 5.41) is 15.1. The Morgan fingerprint density at radius 1 is 1.21 bits per heavy atom. The van der Waals surface area contributed by atoms with E-state index in [9.17, 15) is 14.9 Å². The molecule has 0 spiro atoms. The number of anilines is 1. The standard InChI is InChI=1S/C21H21N3O4S/c1-12-6-5-7-16-13(2)10-19(23-20(12)16)29-14(3)21(25)22-17-9-8-15(24(26)27)11-18(17)28-4/h5-11,14H,1-4H3,(H,22,25)/t14-/m1/s1. The average Bonchev–Trinajstić information content (AvgIpc) is 2.69. The smallest absolute Gasteiger partial charge is 0.273 e. The van der Waals surface area contributed by atoms with E-state index in [0.29, 0.717) is 5.69 Å². The number of pyridine rings is 1. The van der Waals surface area contributed by atoms with Crippen LogP contribution in [0, 0.1) is 24.0 Å². The van der Waals surface area contributed by atoms with E-state index in [4.69, 9.17) is 9.72 Å². The number of nitro benzene ring substituents is 1. The van der Waals surface area contributed by atoms with Gasteiger partial charge in [0.1, 0.15) is 5.75 Å². The van der Waals surface area contributed by atoms with Crippen molar-refractivity contribution in [3.05, 3.63) is 63.7 Å². The van der Waals surface area contributed by atoms with Crippen LogP contribution in [0.1, 0.15) is 18.1 Å². The minimum Gasteiger partial charge on any atom is -0.494 e. The van der Waals surface area contributed by atoms with Crippen molar-refractivity contribution in [2.45, 2.75) is 31.0 Å². The number of carbonyl (C=O) groups excluding carboxylic acids is 1. The van der Waals surface area contributed by atoms with E-state index in [2.05, 4.69) is 5.32 Å². The molecule has 0 radical (unpaired) electrons. The fraction of sp³-hybridized carbons (Fsp3) is 0.238. The third-order valence-electron chi connectivity index (χ3n) is 4.55. The molecule has 1 aromatic heterocycles. The van der Waals surface area contributed by atoms with Crippen LogP contribution in [0.3, 0.4) is 0 Å². The highest BCUT2D eigenvalue weighted by Gasteiger charge is 2.19. The number of ether oxygens (including phenoxy) is 1. The number of para-hydroxylation sites is 1. The van der Waals surface area contributed by atoms with Gasteiger partial charge < -0.3 is 10.1 Å². The summed E-state index contributed by atoms with van der Waals surface area (Å²) < 4.78 is 5.17. The van der Waals surface area contributed by atoms with E-state index in [0.717, 1.165) is 27.1 Å². The number of non-ortho nitro benzene ring substituents is 1. The summed E-state index contributed by atoms with van der Waals surface area (Å²) in [4.78, 5) is 27.8. The average molecular weight is 411 g/mol. The number of thioether (sulfide) groups is 1. The lowest BCUT2D eigenvalue weighted by molar-refractivity contribution is -0.384. The Morgan fingerprint density at radius 3 is 2.66 bits per heavy atom. The first-order chi connectivity index (χ1) is 13.8. The number of hydrogen-bond acceptors (Lipinski definition) is 6. The first kappa shape index (κ1) is 20.6. The number of rotatable bonds is 6. The van der Waals surface area contributed by atoms with E-state index in [-0.39, 0.29) is 17.3 Å². The van der Waals surface area contributed by atoms with E-state index < -0.39 is 10.2 Å². The lowest BCUT2D eigenvalue weighted by Gasteiger charge is -2.15. The highest BCUT2D eigenvalue weighted by molar-refractivity contribution is 8.00. The summed E-state index contributed by atoms with van der Waals surface area (Å²) in [5.74, 6) is -0.00784. The summed E-state index contributed by atoms with van der Waals surface area (Å²) in [6, 6.07) is 12.1. The molecule has 0 fully saturated rings. The fourth-order valence-corrected chi connectivity index (χ4v) is 3.87.